The van der Waals surface area contributed by atoms with E-state index in [1.807, 2.05) is 48.5 Å². The van der Waals surface area contributed by atoms with E-state index in [1.54, 1.807) is 0 Å². The van der Waals surface area contributed by atoms with Crippen LogP contribution in [0.1, 0.15) is 16.7 Å². The zero-order chi connectivity index (χ0) is 12.1. The Bertz CT molecular complexity index is 636. The summed E-state index contributed by atoms with van der Waals surface area (Å²) in [6, 6.07) is 15.1. The Balaban J connectivity index is 2.41. The minimum absolute atomic E-state index is 0.679. The van der Waals surface area contributed by atoms with Gasteiger partial charge in [-0.2, -0.15) is 0 Å². The largest absolute Gasteiger partial charge is 0.398 e. The van der Waals surface area contributed by atoms with Gasteiger partial charge >= 0.3 is 0 Å². The van der Waals surface area contributed by atoms with Crippen LogP contribution in [0.3, 0.4) is 0 Å². The van der Waals surface area contributed by atoms with E-state index in [0.29, 0.717) is 5.69 Å². The molecule has 80 valence electrons. The number of rotatable bonds is 0. The molecule has 1 nitrogen and oxygen atoms in total. The van der Waals surface area contributed by atoms with Crippen molar-refractivity contribution < 1.29 is 0 Å². The molecule has 0 heterocycles. The van der Waals surface area contributed by atoms with Gasteiger partial charge in [-0.25, -0.2) is 0 Å². The van der Waals surface area contributed by atoms with Crippen LogP contribution in [0.5, 0.6) is 0 Å². The van der Waals surface area contributed by atoms with Crippen LogP contribution < -0.4 is 5.73 Å². The summed E-state index contributed by atoms with van der Waals surface area (Å²) in [6.07, 6.45) is 5.41. The maximum absolute atomic E-state index is 5.81. The second kappa shape index (κ2) is 4.92. The first kappa shape index (κ1) is 10.9. The van der Waals surface area contributed by atoms with E-state index in [0.717, 1.165) is 16.7 Å². The lowest BCUT2D eigenvalue weighted by Gasteiger charge is -1.96. The Labute approximate surface area is 101 Å². The van der Waals surface area contributed by atoms with Crippen molar-refractivity contribution in [1.82, 2.24) is 0 Å². The Morgan fingerprint density at radius 1 is 0.765 bits per heavy atom. The van der Waals surface area contributed by atoms with Crippen LogP contribution in [0.25, 0.3) is 0 Å². The molecule has 2 N–H and O–H groups in total. The molecule has 1 heteroatoms. The van der Waals surface area contributed by atoms with Crippen LogP contribution in [0, 0.1) is 24.2 Å². The minimum atomic E-state index is 0.679. The molecule has 0 aliphatic carbocycles. The normalized spacial score (nSPS) is 8.88. The average Bonchev–Trinajstić information content (AvgIpc) is 2.38. The molecular formula is C16H11N. The number of nitrogens with two attached hydrogens (primary N) is 1. The number of para-hydroxylation sites is 1. The van der Waals surface area contributed by atoms with E-state index in [4.69, 9.17) is 12.2 Å². The van der Waals surface area contributed by atoms with Gasteiger partial charge in [-0.3, -0.25) is 0 Å². The van der Waals surface area contributed by atoms with Gasteiger partial charge in [-0.05, 0) is 24.3 Å². The molecule has 0 aliphatic heterocycles. The molecule has 2 aromatic rings. The van der Waals surface area contributed by atoms with Crippen molar-refractivity contribution in [3.8, 4) is 24.2 Å². The number of nitrogen functional groups attached to an aromatic ring is 1. The second-order valence-electron chi connectivity index (χ2n) is 3.53. The average molecular weight is 217 g/mol. The topological polar surface area (TPSA) is 26.0 Å². The van der Waals surface area contributed by atoms with Crippen molar-refractivity contribution in [2.75, 3.05) is 5.73 Å². The van der Waals surface area contributed by atoms with Gasteiger partial charge in [0.15, 0.2) is 0 Å². The summed E-state index contributed by atoms with van der Waals surface area (Å²) < 4.78 is 0. The summed E-state index contributed by atoms with van der Waals surface area (Å²) in [5.41, 5.74) is 8.96. The highest BCUT2D eigenvalue weighted by Gasteiger charge is 1.95. The summed E-state index contributed by atoms with van der Waals surface area (Å²) in [5.74, 6) is 8.69. The lowest BCUT2D eigenvalue weighted by Crippen LogP contribution is -1.89. The summed E-state index contributed by atoms with van der Waals surface area (Å²) >= 11 is 0. The van der Waals surface area contributed by atoms with Gasteiger partial charge in [0.05, 0.1) is 0 Å². The zero-order valence-electron chi connectivity index (χ0n) is 9.27. The molecule has 17 heavy (non-hydrogen) atoms. The summed E-state index contributed by atoms with van der Waals surface area (Å²) in [6.45, 7) is 0. The Morgan fingerprint density at radius 2 is 1.29 bits per heavy atom. The second-order valence-corrected chi connectivity index (χ2v) is 3.53. The molecule has 2 aromatic carbocycles. The van der Waals surface area contributed by atoms with E-state index in [-0.39, 0.29) is 0 Å². The monoisotopic (exact) mass is 217 g/mol. The maximum atomic E-state index is 5.81. The fourth-order valence-electron chi connectivity index (χ4n) is 1.46. The Kier molecular flexibility index (Phi) is 3.15. The van der Waals surface area contributed by atoms with E-state index in [1.165, 1.54) is 0 Å². The molecule has 0 spiro atoms. The molecule has 0 fully saturated rings. The van der Waals surface area contributed by atoms with Crippen molar-refractivity contribution >= 4 is 5.69 Å². The van der Waals surface area contributed by atoms with Crippen molar-refractivity contribution in [3.05, 3.63) is 65.2 Å². The summed E-state index contributed by atoms with van der Waals surface area (Å²) in [5, 5.41) is 0. The highest BCUT2D eigenvalue weighted by molar-refractivity contribution is 5.59. The number of benzene rings is 2. The van der Waals surface area contributed by atoms with Gasteiger partial charge in [0.25, 0.3) is 0 Å². The molecule has 0 amide bonds. The molecule has 2 rings (SSSR count). The molecular weight excluding hydrogens is 206 g/mol. The highest BCUT2D eigenvalue weighted by Crippen LogP contribution is 2.10. The fourth-order valence-corrected chi connectivity index (χ4v) is 1.46. The van der Waals surface area contributed by atoms with E-state index in [9.17, 15) is 0 Å². The van der Waals surface area contributed by atoms with Crippen molar-refractivity contribution in [1.29, 1.82) is 0 Å². The van der Waals surface area contributed by atoms with E-state index in [2.05, 4.69) is 17.8 Å². The summed E-state index contributed by atoms with van der Waals surface area (Å²) in [4.78, 5) is 0. The fraction of sp³-hybridized carbons (Fsp3) is 0. The number of terminal acetylenes is 1. The first-order valence-corrected chi connectivity index (χ1v) is 5.23. The quantitative estimate of drug-likeness (QED) is 0.533. The standard InChI is InChI=1S/C16H11N/c1-2-13-7-3-4-8-14(13)11-12-15-9-5-6-10-16(15)17/h1,3-10H,17H2. The van der Waals surface area contributed by atoms with Crippen molar-refractivity contribution in [3.63, 3.8) is 0 Å². The third-order valence-electron chi connectivity index (χ3n) is 2.38. The van der Waals surface area contributed by atoms with E-state index >= 15 is 0 Å². The SMILES string of the molecule is C#Cc1ccccc1C#Cc1ccccc1N. The number of hydrogen-bond acceptors (Lipinski definition) is 1. The molecule has 0 saturated heterocycles. The lowest BCUT2D eigenvalue weighted by molar-refractivity contribution is 1.58. The van der Waals surface area contributed by atoms with Gasteiger partial charge in [0.2, 0.25) is 0 Å². The third-order valence-corrected chi connectivity index (χ3v) is 2.38. The van der Waals surface area contributed by atoms with Crippen LogP contribution in [0.4, 0.5) is 5.69 Å². The van der Waals surface area contributed by atoms with Crippen molar-refractivity contribution in [2.24, 2.45) is 0 Å². The van der Waals surface area contributed by atoms with Gasteiger partial charge in [0.1, 0.15) is 0 Å². The first-order chi connectivity index (χ1) is 8.31. The van der Waals surface area contributed by atoms with Crippen LogP contribution in [-0.4, -0.2) is 0 Å². The van der Waals surface area contributed by atoms with Crippen LogP contribution in [0.2, 0.25) is 0 Å². The third kappa shape index (κ3) is 2.48. The maximum Gasteiger partial charge on any atom is 0.0478 e. The lowest BCUT2D eigenvalue weighted by atomic mass is 10.1. The molecule has 0 unspecified atom stereocenters. The number of hydrogen-bond donors (Lipinski definition) is 1. The van der Waals surface area contributed by atoms with Gasteiger partial charge in [0, 0.05) is 22.4 Å². The zero-order valence-corrected chi connectivity index (χ0v) is 9.27. The van der Waals surface area contributed by atoms with Crippen LogP contribution >= 0.6 is 0 Å². The predicted molar refractivity (Wildman–Crippen MR) is 71.2 cm³/mol. The minimum Gasteiger partial charge on any atom is -0.398 e. The molecule has 0 atom stereocenters. The van der Waals surface area contributed by atoms with Gasteiger partial charge < -0.3 is 5.73 Å². The smallest absolute Gasteiger partial charge is 0.0478 e. The molecule has 0 bridgehead atoms. The molecule has 0 saturated carbocycles. The highest BCUT2D eigenvalue weighted by atomic mass is 14.5. The Morgan fingerprint density at radius 3 is 1.94 bits per heavy atom. The van der Waals surface area contributed by atoms with Gasteiger partial charge in [-0.1, -0.05) is 42.0 Å². The molecule has 0 aromatic heterocycles. The Hall–Kier alpha value is -2.64. The number of anilines is 1. The molecule has 0 aliphatic rings. The predicted octanol–water partition coefficient (Wildman–Crippen LogP) is 2.65. The first-order valence-electron chi connectivity index (χ1n) is 5.23. The van der Waals surface area contributed by atoms with Crippen LogP contribution in [-0.2, 0) is 0 Å². The van der Waals surface area contributed by atoms with Crippen molar-refractivity contribution in [2.45, 2.75) is 0 Å². The summed E-state index contributed by atoms with van der Waals surface area (Å²) in [7, 11) is 0. The van der Waals surface area contributed by atoms with Crippen LogP contribution in [0.15, 0.2) is 48.5 Å². The van der Waals surface area contributed by atoms with E-state index < -0.39 is 0 Å². The molecule has 0 radical (unpaired) electrons. The van der Waals surface area contributed by atoms with Gasteiger partial charge in [-0.15, -0.1) is 6.42 Å².